The summed E-state index contributed by atoms with van der Waals surface area (Å²) in [6.07, 6.45) is 2.23. The van der Waals surface area contributed by atoms with Gasteiger partial charge in [0.25, 0.3) is 0 Å². The van der Waals surface area contributed by atoms with Crippen LogP contribution in [0.3, 0.4) is 0 Å². The molecule has 0 amide bonds. The summed E-state index contributed by atoms with van der Waals surface area (Å²) in [6, 6.07) is 6.57. The molecule has 0 aliphatic carbocycles. The first kappa shape index (κ1) is 15.8. The molecule has 1 aliphatic rings. The highest BCUT2D eigenvalue weighted by Crippen LogP contribution is 2.33. The molecule has 0 radical (unpaired) electrons. The number of aryl methyl sites for hydroxylation is 1. The van der Waals surface area contributed by atoms with Crippen molar-refractivity contribution in [1.29, 1.82) is 0 Å². The van der Waals surface area contributed by atoms with E-state index in [0.717, 1.165) is 31.7 Å². The number of aliphatic carboxylic acids is 1. The van der Waals surface area contributed by atoms with Gasteiger partial charge in [-0.25, -0.2) is 0 Å². The number of hydrogen-bond acceptors (Lipinski definition) is 3. The van der Waals surface area contributed by atoms with E-state index >= 15 is 0 Å². The topological polar surface area (TPSA) is 49.8 Å². The molecule has 21 heavy (non-hydrogen) atoms. The van der Waals surface area contributed by atoms with Gasteiger partial charge in [0, 0.05) is 18.0 Å². The maximum Gasteiger partial charge on any atom is 0.303 e. The molecule has 116 valence electrons. The van der Waals surface area contributed by atoms with Crippen molar-refractivity contribution in [2.24, 2.45) is 5.92 Å². The fourth-order valence-corrected chi connectivity index (χ4v) is 3.17. The molecule has 0 aromatic heterocycles. The van der Waals surface area contributed by atoms with E-state index in [1.807, 2.05) is 6.07 Å². The molecule has 1 saturated heterocycles. The molecule has 4 nitrogen and oxygen atoms in total. The maximum atomic E-state index is 10.8. The van der Waals surface area contributed by atoms with Gasteiger partial charge in [0.15, 0.2) is 0 Å². The molecule has 1 aromatic rings. The smallest absolute Gasteiger partial charge is 0.303 e. The van der Waals surface area contributed by atoms with Crippen LogP contribution in [0, 0.1) is 12.8 Å². The fourth-order valence-electron chi connectivity index (χ4n) is 3.17. The van der Waals surface area contributed by atoms with Crippen LogP contribution < -0.4 is 4.74 Å². The zero-order valence-corrected chi connectivity index (χ0v) is 13.1. The summed E-state index contributed by atoms with van der Waals surface area (Å²) in [7, 11) is 1.71. The van der Waals surface area contributed by atoms with Crippen LogP contribution in [0.4, 0.5) is 0 Å². The molecule has 2 rings (SSSR count). The molecular weight excluding hydrogens is 266 g/mol. The molecule has 1 aliphatic heterocycles. The Balaban J connectivity index is 2.03. The lowest BCUT2D eigenvalue weighted by Gasteiger charge is -2.36. The molecule has 0 spiro atoms. The predicted molar refractivity (Wildman–Crippen MR) is 82.7 cm³/mol. The third-order valence-electron chi connectivity index (χ3n) is 4.50. The van der Waals surface area contributed by atoms with Crippen LogP contribution in [0.25, 0.3) is 0 Å². The minimum atomic E-state index is -0.679. The standard InChI is InChI=1S/C17H25NO3/c1-12-4-5-16(21-3)15(10-12)13(2)18-8-6-14(7-9-18)11-17(19)20/h4-5,10,13-14H,6-9,11H2,1-3H3,(H,19,20). The van der Waals surface area contributed by atoms with Crippen LogP contribution in [0.5, 0.6) is 5.75 Å². The normalized spacial score (nSPS) is 18.4. The van der Waals surface area contributed by atoms with Gasteiger partial charge in [-0.1, -0.05) is 17.7 Å². The Hall–Kier alpha value is -1.55. The number of carboxylic acid groups (broad SMARTS) is 1. The quantitative estimate of drug-likeness (QED) is 0.904. The van der Waals surface area contributed by atoms with E-state index in [1.165, 1.54) is 11.1 Å². The Morgan fingerprint density at radius 2 is 2.10 bits per heavy atom. The summed E-state index contributed by atoms with van der Waals surface area (Å²) in [4.78, 5) is 13.2. The lowest BCUT2D eigenvalue weighted by molar-refractivity contribution is -0.138. The molecule has 1 unspecified atom stereocenters. The summed E-state index contributed by atoms with van der Waals surface area (Å²) in [5.74, 6) is 0.577. The van der Waals surface area contributed by atoms with Crippen molar-refractivity contribution in [2.75, 3.05) is 20.2 Å². The average molecular weight is 291 g/mol. The Morgan fingerprint density at radius 3 is 2.67 bits per heavy atom. The number of ether oxygens (including phenoxy) is 1. The molecule has 0 bridgehead atoms. The maximum absolute atomic E-state index is 10.8. The van der Waals surface area contributed by atoms with Crippen LogP contribution in [0.2, 0.25) is 0 Å². The average Bonchev–Trinajstić information content (AvgIpc) is 2.46. The van der Waals surface area contributed by atoms with Gasteiger partial charge in [-0.2, -0.15) is 0 Å². The van der Waals surface area contributed by atoms with Crippen molar-refractivity contribution >= 4 is 5.97 Å². The zero-order valence-electron chi connectivity index (χ0n) is 13.1. The number of carboxylic acids is 1. The molecular formula is C17H25NO3. The first-order valence-corrected chi connectivity index (χ1v) is 7.61. The van der Waals surface area contributed by atoms with E-state index in [4.69, 9.17) is 9.84 Å². The number of benzene rings is 1. The minimum absolute atomic E-state index is 0.297. The first-order chi connectivity index (χ1) is 10.0. The number of nitrogens with zero attached hydrogens (tertiary/aromatic N) is 1. The van der Waals surface area contributed by atoms with Gasteiger partial charge in [0.05, 0.1) is 7.11 Å². The Labute approximate surface area is 126 Å². The van der Waals surface area contributed by atoms with Crippen LogP contribution in [-0.2, 0) is 4.79 Å². The monoisotopic (exact) mass is 291 g/mol. The van der Waals surface area contributed by atoms with Gasteiger partial charge in [-0.05, 0) is 51.8 Å². The molecule has 4 heteroatoms. The second-order valence-corrected chi connectivity index (χ2v) is 6.00. The van der Waals surface area contributed by atoms with Gasteiger partial charge in [-0.3, -0.25) is 9.69 Å². The largest absolute Gasteiger partial charge is 0.496 e. The van der Waals surface area contributed by atoms with Gasteiger partial charge < -0.3 is 9.84 Å². The number of hydrogen-bond donors (Lipinski definition) is 1. The second kappa shape index (κ2) is 6.94. The van der Waals surface area contributed by atoms with Crippen molar-refractivity contribution in [3.05, 3.63) is 29.3 Å². The Morgan fingerprint density at radius 1 is 1.43 bits per heavy atom. The number of methoxy groups -OCH3 is 1. The second-order valence-electron chi connectivity index (χ2n) is 6.00. The van der Waals surface area contributed by atoms with Crippen LogP contribution in [-0.4, -0.2) is 36.2 Å². The van der Waals surface area contributed by atoms with Gasteiger partial charge >= 0.3 is 5.97 Å². The van der Waals surface area contributed by atoms with Gasteiger partial charge in [0.1, 0.15) is 5.75 Å². The van der Waals surface area contributed by atoms with Gasteiger partial charge in [-0.15, -0.1) is 0 Å². The van der Waals surface area contributed by atoms with Crippen molar-refractivity contribution < 1.29 is 14.6 Å². The number of carbonyl (C=O) groups is 1. The third-order valence-corrected chi connectivity index (χ3v) is 4.50. The van der Waals surface area contributed by atoms with Crippen molar-refractivity contribution in [2.45, 2.75) is 39.2 Å². The highest BCUT2D eigenvalue weighted by Gasteiger charge is 2.26. The van der Waals surface area contributed by atoms with Crippen molar-refractivity contribution in [3.8, 4) is 5.75 Å². The van der Waals surface area contributed by atoms with Crippen molar-refractivity contribution in [1.82, 2.24) is 4.90 Å². The lowest BCUT2D eigenvalue weighted by Crippen LogP contribution is -2.36. The highest BCUT2D eigenvalue weighted by molar-refractivity contribution is 5.67. The van der Waals surface area contributed by atoms with E-state index < -0.39 is 5.97 Å². The number of likely N-dealkylation sites (tertiary alicyclic amines) is 1. The summed E-state index contributed by atoms with van der Waals surface area (Å²) < 4.78 is 5.48. The molecule has 1 N–H and O–H groups in total. The zero-order chi connectivity index (χ0) is 15.4. The van der Waals surface area contributed by atoms with E-state index in [2.05, 4.69) is 30.9 Å². The first-order valence-electron chi connectivity index (χ1n) is 7.61. The van der Waals surface area contributed by atoms with E-state index in [-0.39, 0.29) is 0 Å². The summed E-state index contributed by atoms with van der Waals surface area (Å²) in [6.45, 7) is 6.20. The van der Waals surface area contributed by atoms with Crippen LogP contribution in [0.15, 0.2) is 18.2 Å². The Kier molecular flexibility index (Phi) is 5.23. The Bertz CT molecular complexity index is 493. The SMILES string of the molecule is COc1ccc(C)cc1C(C)N1CCC(CC(=O)O)CC1. The third kappa shape index (κ3) is 3.97. The van der Waals surface area contributed by atoms with Crippen molar-refractivity contribution in [3.63, 3.8) is 0 Å². The summed E-state index contributed by atoms with van der Waals surface area (Å²) in [5.41, 5.74) is 2.45. The summed E-state index contributed by atoms with van der Waals surface area (Å²) >= 11 is 0. The van der Waals surface area contributed by atoms with Crippen LogP contribution >= 0.6 is 0 Å². The van der Waals surface area contributed by atoms with Crippen LogP contribution in [0.1, 0.15) is 43.4 Å². The molecule has 1 fully saturated rings. The predicted octanol–water partition coefficient (Wildman–Crippen LogP) is 3.25. The molecule has 0 saturated carbocycles. The number of rotatable bonds is 5. The fraction of sp³-hybridized carbons (Fsp3) is 0.588. The molecule has 1 aromatic carbocycles. The van der Waals surface area contributed by atoms with E-state index in [1.54, 1.807) is 7.11 Å². The molecule has 1 atom stereocenters. The van der Waals surface area contributed by atoms with Gasteiger partial charge in [0.2, 0.25) is 0 Å². The summed E-state index contributed by atoms with van der Waals surface area (Å²) in [5, 5.41) is 8.89. The highest BCUT2D eigenvalue weighted by atomic mass is 16.5. The minimum Gasteiger partial charge on any atom is -0.496 e. The lowest BCUT2D eigenvalue weighted by atomic mass is 9.91. The van der Waals surface area contributed by atoms with E-state index in [0.29, 0.717) is 18.4 Å². The number of piperidine rings is 1. The molecule has 1 heterocycles. The van der Waals surface area contributed by atoms with E-state index in [9.17, 15) is 4.79 Å².